The average Bonchev–Trinajstić information content (AvgIpc) is 2.77. The summed E-state index contributed by atoms with van der Waals surface area (Å²) in [5.41, 5.74) is -0.0639. The van der Waals surface area contributed by atoms with Gasteiger partial charge in [0.05, 0.1) is 18.1 Å². The molecule has 6 heteroatoms. The molecule has 0 radical (unpaired) electrons. The number of carbonyl (C=O) groups is 1. The molecule has 2 atom stereocenters. The Morgan fingerprint density at radius 3 is 2.22 bits per heavy atom. The molecule has 126 valence electrons. The molecule has 3 rings (SSSR count). The van der Waals surface area contributed by atoms with Crippen LogP contribution in [0.15, 0.2) is 24.3 Å². The van der Waals surface area contributed by atoms with Gasteiger partial charge in [-0.15, -0.1) is 0 Å². The van der Waals surface area contributed by atoms with E-state index < -0.39 is 11.7 Å². The van der Waals surface area contributed by atoms with Crippen LogP contribution in [-0.4, -0.2) is 36.1 Å². The summed E-state index contributed by atoms with van der Waals surface area (Å²) in [5, 5.41) is 0. The van der Waals surface area contributed by atoms with Crippen molar-refractivity contribution in [2.45, 2.75) is 56.5 Å². The molecule has 2 saturated heterocycles. The lowest BCUT2D eigenvalue weighted by molar-refractivity contribution is -0.137. The van der Waals surface area contributed by atoms with E-state index in [-0.39, 0.29) is 30.5 Å². The largest absolute Gasteiger partial charge is 0.416 e. The third-order valence-corrected chi connectivity index (χ3v) is 4.95. The topological polar surface area (TPSA) is 29.5 Å². The Balaban J connectivity index is 1.66. The van der Waals surface area contributed by atoms with E-state index in [1.54, 1.807) is 7.11 Å². The molecule has 0 aromatic heterocycles. The first kappa shape index (κ1) is 16.3. The lowest BCUT2D eigenvalue weighted by atomic mass is 9.98. The zero-order valence-electron chi connectivity index (χ0n) is 13.0. The van der Waals surface area contributed by atoms with Crippen molar-refractivity contribution >= 4 is 5.91 Å². The van der Waals surface area contributed by atoms with Gasteiger partial charge in [-0.1, -0.05) is 12.1 Å². The number of ether oxygens (including phenoxy) is 1. The van der Waals surface area contributed by atoms with Gasteiger partial charge < -0.3 is 9.64 Å². The number of alkyl halides is 3. The van der Waals surface area contributed by atoms with Crippen LogP contribution in [0.25, 0.3) is 0 Å². The number of rotatable bonds is 3. The normalized spacial score (nSPS) is 27.3. The van der Waals surface area contributed by atoms with Crippen LogP contribution in [-0.2, 0) is 22.1 Å². The van der Waals surface area contributed by atoms with Gasteiger partial charge in [-0.3, -0.25) is 4.79 Å². The molecule has 1 aromatic carbocycles. The number of fused-ring (bicyclic) bond motifs is 2. The summed E-state index contributed by atoms with van der Waals surface area (Å²) in [6.45, 7) is 0. The quantitative estimate of drug-likeness (QED) is 0.851. The summed E-state index contributed by atoms with van der Waals surface area (Å²) in [6, 6.07) is 5.28. The second-order valence-corrected chi connectivity index (χ2v) is 6.39. The molecule has 1 aromatic rings. The maximum absolute atomic E-state index is 12.6. The number of hydrogen-bond acceptors (Lipinski definition) is 2. The minimum Gasteiger partial charge on any atom is -0.381 e. The van der Waals surface area contributed by atoms with Crippen LogP contribution in [0.3, 0.4) is 0 Å². The second kappa shape index (κ2) is 6.15. The minimum atomic E-state index is -4.34. The van der Waals surface area contributed by atoms with Crippen LogP contribution >= 0.6 is 0 Å². The van der Waals surface area contributed by atoms with Gasteiger partial charge in [0, 0.05) is 19.2 Å². The zero-order valence-corrected chi connectivity index (χ0v) is 13.0. The first-order chi connectivity index (χ1) is 10.9. The van der Waals surface area contributed by atoms with Crippen LogP contribution in [0.4, 0.5) is 13.2 Å². The van der Waals surface area contributed by atoms with Crippen LogP contribution in [0.2, 0.25) is 0 Å². The summed E-state index contributed by atoms with van der Waals surface area (Å²) in [6.07, 6.45) is -0.293. The van der Waals surface area contributed by atoms with E-state index in [1.807, 2.05) is 4.90 Å². The van der Waals surface area contributed by atoms with Crippen molar-refractivity contribution in [2.24, 2.45) is 0 Å². The number of methoxy groups -OCH3 is 1. The Hall–Kier alpha value is -1.56. The highest BCUT2D eigenvalue weighted by Crippen LogP contribution is 2.37. The standard InChI is InChI=1S/C17H20F3NO2/c1-23-15-9-13-6-7-14(10-15)21(13)16(22)8-11-2-4-12(5-3-11)17(18,19)20/h2-5,13-15H,6-10H2,1H3. The molecule has 2 fully saturated rings. The molecule has 1 amide bonds. The van der Waals surface area contributed by atoms with Gasteiger partial charge in [-0.25, -0.2) is 0 Å². The van der Waals surface area contributed by atoms with E-state index in [1.165, 1.54) is 12.1 Å². The van der Waals surface area contributed by atoms with Gasteiger partial charge in [0.15, 0.2) is 0 Å². The monoisotopic (exact) mass is 327 g/mol. The fourth-order valence-electron chi connectivity index (χ4n) is 3.80. The predicted molar refractivity (Wildman–Crippen MR) is 78.8 cm³/mol. The molecule has 0 spiro atoms. The van der Waals surface area contributed by atoms with Crippen LogP contribution in [0.5, 0.6) is 0 Å². The lowest BCUT2D eigenvalue weighted by Crippen LogP contribution is -2.48. The number of hydrogen-bond donors (Lipinski definition) is 0. The third-order valence-electron chi connectivity index (χ3n) is 4.95. The fraction of sp³-hybridized carbons (Fsp3) is 0.588. The highest BCUT2D eigenvalue weighted by Gasteiger charge is 2.43. The molecule has 0 aliphatic carbocycles. The second-order valence-electron chi connectivity index (χ2n) is 6.39. The van der Waals surface area contributed by atoms with Crippen molar-refractivity contribution in [1.82, 2.24) is 4.90 Å². The SMILES string of the molecule is COC1CC2CCC(C1)N2C(=O)Cc1ccc(C(F)(F)F)cc1. The zero-order chi connectivity index (χ0) is 16.6. The van der Waals surface area contributed by atoms with Gasteiger partial charge in [0.25, 0.3) is 0 Å². The lowest BCUT2D eigenvalue weighted by Gasteiger charge is -2.38. The molecule has 2 aliphatic rings. The Kier molecular flexibility index (Phi) is 4.36. The van der Waals surface area contributed by atoms with Crippen molar-refractivity contribution in [1.29, 1.82) is 0 Å². The number of carbonyl (C=O) groups excluding carboxylic acids is 1. The molecular formula is C17H20F3NO2. The van der Waals surface area contributed by atoms with E-state index in [0.29, 0.717) is 5.56 Å². The van der Waals surface area contributed by atoms with E-state index in [9.17, 15) is 18.0 Å². The van der Waals surface area contributed by atoms with Crippen LogP contribution in [0, 0.1) is 0 Å². The Morgan fingerprint density at radius 1 is 1.17 bits per heavy atom. The van der Waals surface area contributed by atoms with Crippen LogP contribution in [0.1, 0.15) is 36.8 Å². The van der Waals surface area contributed by atoms with Crippen molar-refractivity contribution in [3.8, 4) is 0 Å². The number of benzene rings is 1. The van der Waals surface area contributed by atoms with Crippen molar-refractivity contribution < 1.29 is 22.7 Å². The molecule has 3 nitrogen and oxygen atoms in total. The first-order valence-corrected chi connectivity index (χ1v) is 7.88. The molecule has 0 saturated carbocycles. The maximum atomic E-state index is 12.6. The number of piperidine rings is 1. The number of halogens is 3. The van der Waals surface area contributed by atoms with Gasteiger partial charge >= 0.3 is 6.18 Å². The fourth-order valence-corrected chi connectivity index (χ4v) is 3.80. The van der Waals surface area contributed by atoms with E-state index in [4.69, 9.17) is 4.74 Å². The predicted octanol–water partition coefficient (Wildman–Crippen LogP) is 3.42. The summed E-state index contributed by atoms with van der Waals surface area (Å²) in [4.78, 5) is 14.5. The maximum Gasteiger partial charge on any atom is 0.416 e. The molecule has 23 heavy (non-hydrogen) atoms. The number of amides is 1. The summed E-state index contributed by atoms with van der Waals surface area (Å²) in [7, 11) is 1.70. The van der Waals surface area contributed by atoms with Crippen molar-refractivity contribution in [2.75, 3.05) is 7.11 Å². The van der Waals surface area contributed by atoms with Gasteiger partial charge in [0.1, 0.15) is 0 Å². The number of nitrogens with zero attached hydrogens (tertiary/aromatic N) is 1. The Labute approximate surface area is 133 Å². The molecule has 2 aliphatic heterocycles. The average molecular weight is 327 g/mol. The molecule has 2 heterocycles. The Bertz CT molecular complexity index is 556. The van der Waals surface area contributed by atoms with E-state index in [0.717, 1.165) is 37.8 Å². The molecule has 2 unspecified atom stereocenters. The summed E-state index contributed by atoms with van der Waals surface area (Å²) in [5.74, 6) is 0.00631. The van der Waals surface area contributed by atoms with Gasteiger partial charge in [0.2, 0.25) is 5.91 Å². The van der Waals surface area contributed by atoms with E-state index >= 15 is 0 Å². The first-order valence-electron chi connectivity index (χ1n) is 7.88. The third kappa shape index (κ3) is 3.37. The highest BCUT2D eigenvalue weighted by molar-refractivity contribution is 5.80. The van der Waals surface area contributed by atoms with Crippen molar-refractivity contribution in [3.63, 3.8) is 0 Å². The van der Waals surface area contributed by atoms with Gasteiger partial charge in [-0.05, 0) is 43.4 Å². The summed E-state index contributed by atoms with van der Waals surface area (Å²) >= 11 is 0. The molecule has 2 bridgehead atoms. The molecular weight excluding hydrogens is 307 g/mol. The highest BCUT2D eigenvalue weighted by atomic mass is 19.4. The minimum absolute atomic E-state index is 0.00631. The molecule has 0 N–H and O–H groups in total. The van der Waals surface area contributed by atoms with Gasteiger partial charge in [-0.2, -0.15) is 13.2 Å². The summed E-state index contributed by atoms with van der Waals surface area (Å²) < 4.78 is 43.1. The smallest absolute Gasteiger partial charge is 0.381 e. The van der Waals surface area contributed by atoms with E-state index in [2.05, 4.69) is 0 Å². The van der Waals surface area contributed by atoms with Crippen molar-refractivity contribution in [3.05, 3.63) is 35.4 Å². The Morgan fingerprint density at radius 2 is 1.74 bits per heavy atom. The van der Waals surface area contributed by atoms with Crippen LogP contribution < -0.4 is 0 Å².